The lowest BCUT2D eigenvalue weighted by atomic mass is 10.0. The minimum atomic E-state index is -0.771. The highest BCUT2D eigenvalue weighted by Gasteiger charge is 2.13. The molecular weight excluding hydrogens is 192 g/mol. The highest BCUT2D eigenvalue weighted by Crippen LogP contribution is 2.08. The summed E-state index contributed by atoms with van der Waals surface area (Å²) >= 11 is 0. The first-order valence-corrected chi connectivity index (χ1v) is 5.44. The zero-order chi connectivity index (χ0) is 11.8. The van der Waals surface area contributed by atoms with Crippen molar-refractivity contribution in [3.63, 3.8) is 0 Å². The number of rotatable bonds is 6. The average molecular weight is 212 g/mol. The van der Waals surface area contributed by atoms with Gasteiger partial charge in [-0.2, -0.15) is 0 Å². The third-order valence-corrected chi connectivity index (χ3v) is 2.11. The van der Waals surface area contributed by atoms with Gasteiger partial charge in [-0.1, -0.05) is 19.9 Å². The van der Waals surface area contributed by atoms with Gasteiger partial charge in [0.1, 0.15) is 0 Å². The van der Waals surface area contributed by atoms with Crippen LogP contribution in [0, 0.1) is 5.92 Å². The lowest BCUT2D eigenvalue weighted by Crippen LogP contribution is -2.19. The Morgan fingerprint density at radius 2 is 1.73 bits per heavy atom. The fraction of sp³-hybridized carbons (Fsp3) is 0.667. The van der Waals surface area contributed by atoms with Crippen LogP contribution >= 0.6 is 0 Å². The van der Waals surface area contributed by atoms with Gasteiger partial charge in [-0.3, -0.25) is 4.79 Å². The molecule has 0 aromatic carbocycles. The first kappa shape index (κ1) is 13.9. The van der Waals surface area contributed by atoms with Crippen molar-refractivity contribution < 1.29 is 14.3 Å². The molecule has 0 bridgehead atoms. The van der Waals surface area contributed by atoms with Crippen LogP contribution in [0.2, 0.25) is 0 Å². The molecule has 0 aromatic rings. The summed E-state index contributed by atoms with van der Waals surface area (Å²) in [7, 11) is 0. The van der Waals surface area contributed by atoms with Crippen LogP contribution in [0.4, 0.5) is 0 Å². The van der Waals surface area contributed by atoms with Crippen LogP contribution in [0.25, 0.3) is 0 Å². The van der Waals surface area contributed by atoms with Crippen LogP contribution in [-0.4, -0.2) is 17.9 Å². The Morgan fingerprint density at radius 3 is 2.13 bits per heavy atom. The molecule has 0 amide bonds. The van der Waals surface area contributed by atoms with E-state index in [0.717, 1.165) is 12.8 Å². The van der Waals surface area contributed by atoms with Gasteiger partial charge in [0.2, 0.25) is 0 Å². The molecule has 0 radical (unpaired) electrons. The molecule has 3 heteroatoms. The third-order valence-electron chi connectivity index (χ3n) is 2.11. The maximum Gasteiger partial charge on any atom is 0.379 e. The Balaban J connectivity index is 4.17. The molecule has 0 saturated carbocycles. The predicted octanol–water partition coefficient (Wildman–Crippen LogP) is 2.50. The smallest absolute Gasteiger partial charge is 0.379 e. The molecule has 86 valence electrons. The van der Waals surface area contributed by atoms with Crippen molar-refractivity contribution in [2.24, 2.45) is 5.92 Å². The van der Waals surface area contributed by atoms with Crippen LogP contribution in [0.5, 0.6) is 0 Å². The fourth-order valence-electron chi connectivity index (χ4n) is 1.12. The van der Waals surface area contributed by atoms with E-state index in [1.165, 1.54) is 6.08 Å². The van der Waals surface area contributed by atoms with Gasteiger partial charge in [0, 0.05) is 0 Å². The van der Waals surface area contributed by atoms with E-state index in [0.29, 0.717) is 5.92 Å². The van der Waals surface area contributed by atoms with Crippen LogP contribution in [0.1, 0.15) is 40.5 Å². The van der Waals surface area contributed by atoms with Gasteiger partial charge in [-0.15, -0.1) is 0 Å². The number of ether oxygens (including phenoxy) is 1. The Hall–Kier alpha value is -1.12. The number of hydrogen-bond acceptors (Lipinski definition) is 3. The van der Waals surface area contributed by atoms with Crippen molar-refractivity contribution in [3.8, 4) is 0 Å². The van der Waals surface area contributed by atoms with Crippen molar-refractivity contribution in [1.82, 2.24) is 0 Å². The maximum atomic E-state index is 11.3. The van der Waals surface area contributed by atoms with E-state index in [1.807, 2.05) is 0 Å². The molecular formula is C12H20O3. The number of esters is 1. The molecule has 0 aliphatic rings. The largest absolute Gasteiger partial charge is 0.457 e. The number of allylic oxidation sites excluding steroid dienone is 1. The summed E-state index contributed by atoms with van der Waals surface area (Å²) in [5.41, 5.74) is 0. The van der Waals surface area contributed by atoms with Gasteiger partial charge in [0.15, 0.2) is 0 Å². The molecule has 0 aliphatic carbocycles. The van der Waals surface area contributed by atoms with E-state index >= 15 is 0 Å². The molecule has 0 spiro atoms. The number of carbonyl (C=O) groups is 2. The van der Waals surface area contributed by atoms with Gasteiger partial charge >= 0.3 is 5.97 Å². The molecule has 0 unspecified atom stereocenters. The highest BCUT2D eigenvalue weighted by atomic mass is 16.5. The van der Waals surface area contributed by atoms with E-state index < -0.39 is 11.8 Å². The maximum absolute atomic E-state index is 11.3. The fourth-order valence-corrected chi connectivity index (χ4v) is 1.12. The summed E-state index contributed by atoms with van der Waals surface area (Å²) in [5.74, 6) is -0.983. The average Bonchev–Trinajstić information content (AvgIpc) is 2.18. The van der Waals surface area contributed by atoms with Crippen LogP contribution < -0.4 is 0 Å². The molecule has 0 aliphatic heterocycles. The molecule has 15 heavy (non-hydrogen) atoms. The molecule has 0 atom stereocenters. The van der Waals surface area contributed by atoms with Gasteiger partial charge in [0.05, 0.1) is 6.10 Å². The number of hydrogen-bond donors (Lipinski definition) is 0. The second-order valence-corrected chi connectivity index (χ2v) is 3.75. The van der Waals surface area contributed by atoms with Gasteiger partial charge in [0.25, 0.3) is 5.78 Å². The van der Waals surface area contributed by atoms with Crippen molar-refractivity contribution in [2.45, 2.75) is 46.6 Å². The summed E-state index contributed by atoms with van der Waals surface area (Å²) in [6.45, 7) is 7.54. The second kappa shape index (κ2) is 7.21. The molecule has 0 aromatic heterocycles. The standard InChI is InChI=1S/C12H20O3/c1-5-10(6-2)7-8-11(13)12(14)15-9(3)4/h7-10H,5-6H2,1-4H3/b8-7+. The normalized spacial score (nSPS) is 11.3. The van der Waals surface area contributed by atoms with Crippen molar-refractivity contribution in [3.05, 3.63) is 12.2 Å². The highest BCUT2D eigenvalue weighted by molar-refractivity contribution is 6.38. The Morgan fingerprint density at radius 1 is 1.20 bits per heavy atom. The van der Waals surface area contributed by atoms with E-state index in [2.05, 4.69) is 13.8 Å². The summed E-state index contributed by atoms with van der Waals surface area (Å²) in [5, 5.41) is 0. The van der Waals surface area contributed by atoms with Gasteiger partial charge in [-0.25, -0.2) is 4.79 Å². The van der Waals surface area contributed by atoms with Crippen molar-refractivity contribution in [2.75, 3.05) is 0 Å². The van der Waals surface area contributed by atoms with Crippen molar-refractivity contribution >= 4 is 11.8 Å². The number of ketones is 1. The van der Waals surface area contributed by atoms with Crippen LogP contribution in [0.15, 0.2) is 12.2 Å². The van der Waals surface area contributed by atoms with Gasteiger partial charge in [-0.05, 0) is 38.7 Å². The minimum Gasteiger partial charge on any atom is -0.457 e. The molecule has 0 rings (SSSR count). The zero-order valence-electron chi connectivity index (χ0n) is 9.95. The summed E-state index contributed by atoms with van der Waals surface area (Å²) in [4.78, 5) is 22.4. The summed E-state index contributed by atoms with van der Waals surface area (Å²) in [6.07, 6.45) is 4.80. The topological polar surface area (TPSA) is 43.4 Å². The monoisotopic (exact) mass is 212 g/mol. The van der Waals surface area contributed by atoms with E-state index in [-0.39, 0.29) is 6.10 Å². The summed E-state index contributed by atoms with van der Waals surface area (Å²) < 4.78 is 4.77. The van der Waals surface area contributed by atoms with Crippen LogP contribution in [-0.2, 0) is 14.3 Å². The molecule has 0 fully saturated rings. The quantitative estimate of drug-likeness (QED) is 0.386. The number of carbonyl (C=O) groups excluding carboxylic acids is 2. The first-order valence-electron chi connectivity index (χ1n) is 5.44. The SMILES string of the molecule is CCC(/C=C/C(=O)C(=O)OC(C)C)CC. The first-order chi connectivity index (χ1) is 7.01. The van der Waals surface area contributed by atoms with E-state index in [9.17, 15) is 9.59 Å². The Kier molecular flexibility index (Phi) is 6.67. The van der Waals surface area contributed by atoms with E-state index in [1.54, 1.807) is 19.9 Å². The Bertz CT molecular complexity index is 237. The lowest BCUT2D eigenvalue weighted by Gasteiger charge is -2.06. The second-order valence-electron chi connectivity index (χ2n) is 3.75. The summed E-state index contributed by atoms with van der Waals surface area (Å²) in [6, 6.07) is 0. The molecule has 0 heterocycles. The molecule has 0 saturated heterocycles. The van der Waals surface area contributed by atoms with Crippen LogP contribution in [0.3, 0.4) is 0 Å². The lowest BCUT2D eigenvalue weighted by molar-refractivity contribution is -0.154. The van der Waals surface area contributed by atoms with Crippen molar-refractivity contribution in [1.29, 1.82) is 0 Å². The Labute approximate surface area is 91.5 Å². The molecule has 3 nitrogen and oxygen atoms in total. The third kappa shape index (κ3) is 6.05. The minimum absolute atomic E-state index is 0.247. The van der Waals surface area contributed by atoms with E-state index in [4.69, 9.17) is 4.74 Å². The zero-order valence-corrected chi connectivity index (χ0v) is 9.95. The van der Waals surface area contributed by atoms with Gasteiger partial charge < -0.3 is 4.74 Å². The molecule has 0 N–H and O–H groups in total. The predicted molar refractivity (Wildman–Crippen MR) is 59.4 cm³/mol.